The Bertz CT molecular complexity index is 335. The van der Waals surface area contributed by atoms with Crippen LogP contribution in [-0.4, -0.2) is 16.9 Å². The van der Waals surface area contributed by atoms with E-state index in [-0.39, 0.29) is 17.3 Å². The second-order valence-corrected chi connectivity index (χ2v) is 2.48. The van der Waals surface area contributed by atoms with Crippen molar-refractivity contribution in [3.63, 3.8) is 0 Å². The van der Waals surface area contributed by atoms with Crippen LogP contribution in [0.2, 0.25) is 0 Å². The van der Waals surface area contributed by atoms with E-state index < -0.39 is 5.97 Å². The van der Waals surface area contributed by atoms with Gasteiger partial charge < -0.3 is 9.52 Å². The van der Waals surface area contributed by atoms with Crippen molar-refractivity contribution in [1.29, 1.82) is 0 Å². The molecular formula is C8H8O4. The van der Waals surface area contributed by atoms with E-state index >= 15 is 0 Å². The molecule has 0 bridgehead atoms. The molecule has 0 amide bonds. The van der Waals surface area contributed by atoms with Gasteiger partial charge in [0.1, 0.15) is 0 Å². The van der Waals surface area contributed by atoms with Crippen LogP contribution in [-0.2, 0) is 0 Å². The highest BCUT2D eigenvalue weighted by Gasteiger charge is 2.15. The van der Waals surface area contributed by atoms with Gasteiger partial charge in [0.2, 0.25) is 5.76 Å². The maximum Gasteiger partial charge on any atom is 0.371 e. The van der Waals surface area contributed by atoms with Crippen LogP contribution >= 0.6 is 0 Å². The first-order valence-electron chi connectivity index (χ1n) is 3.37. The van der Waals surface area contributed by atoms with Gasteiger partial charge in [0.05, 0.1) is 0 Å². The number of hydrogen-bond donors (Lipinski definition) is 1. The fourth-order valence-corrected chi connectivity index (χ4v) is 0.937. The van der Waals surface area contributed by atoms with E-state index in [9.17, 15) is 9.59 Å². The van der Waals surface area contributed by atoms with Gasteiger partial charge in [-0.25, -0.2) is 4.79 Å². The summed E-state index contributed by atoms with van der Waals surface area (Å²) < 4.78 is 4.79. The lowest BCUT2D eigenvalue weighted by atomic mass is 10.2. The minimum absolute atomic E-state index is 0.118. The van der Waals surface area contributed by atoms with E-state index in [1.165, 1.54) is 13.0 Å². The molecule has 0 aromatic carbocycles. The van der Waals surface area contributed by atoms with E-state index in [2.05, 4.69) is 0 Å². The number of carboxylic acid groups (broad SMARTS) is 1. The van der Waals surface area contributed by atoms with Crippen LogP contribution in [0.5, 0.6) is 0 Å². The molecule has 1 aromatic heterocycles. The number of Topliss-reactive ketones (excluding diaryl/α,β-unsaturated/α-hetero) is 1. The quantitative estimate of drug-likeness (QED) is 0.679. The Hall–Kier alpha value is -1.58. The van der Waals surface area contributed by atoms with Crippen molar-refractivity contribution in [1.82, 2.24) is 0 Å². The molecule has 1 heterocycles. The maximum absolute atomic E-state index is 10.8. The Balaban J connectivity index is 3.17. The van der Waals surface area contributed by atoms with Gasteiger partial charge >= 0.3 is 5.97 Å². The number of carbonyl (C=O) groups excluding carboxylic acids is 1. The van der Waals surface area contributed by atoms with Crippen molar-refractivity contribution in [3.8, 4) is 0 Å². The van der Waals surface area contributed by atoms with Gasteiger partial charge in [-0.1, -0.05) is 0 Å². The third-order valence-electron chi connectivity index (χ3n) is 1.45. The molecule has 1 N–H and O–H groups in total. The van der Waals surface area contributed by atoms with E-state index in [1.54, 1.807) is 6.92 Å². The summed E-state index contributed by atoms with van der Waals surface area (Å²) in [7, 11) is 0. The average Bonchev–Trinajstić information content (AvgIpc) is 2.30. The zero-order chi connectivity index (χ0) is 9.30. The van der Waals surface area contributed by atoms with Crippen LogP contribution in [0.15, 0.2) is 10.5 Å². The Morgan fingerprint density at radius 3 is 2.33 bits per heavy atom. The Morgan fingerprint density at radius 1 is 1.50 bits per heavy atom. The molecule has 0 saturated carbocycles. The molecule has 0 saturated heterocycles. The lowest BCUT2D eigenvalue weighted by molar-refractivity contribution is 0.0660. The van der Waals surface area contributed by atoms with Gasteiger partial charge in [-0.05, 0) is 18.6 Å². The highest BCUT2D eigenvalue weighted by molar-refractivity contribution is 5.94. The molecule has 0 unspecified atom stereocenters. The number of carboxylic acids is 1. The molecule has 4 heteroatoms. The number of aromatic carboxylic acids is 1. The normalized spacial score (nSPS) is 9.83. The zero-order valence-corrected chi connectivity index (χ0v) is 6.75. The molecule has 0 aliphatic carbocycles. The number of carbonyl (C=O) groups is 2. The van der Waals surface area contributed by atoms with E-state index in [1.807, 2.05) is 0 Å². The summed E-state index contributed by atoms with van der Waals surface area (Å²) in [6, 6.07) is 1.33. The molecule has 12 heavy (non-hydrogen) atoms. The summed E-state index contributed by atoms with van der Waals surface area (Å²) in [6.45, 7) is 2.96. The van der Waals surface area contributed by atoms with Crippen molar-refractivity contribution < 1.29 is 19.1 Å². The number of rotatable bonds is 2. The predicted molar refractivity (Wildman–Crippen MR) is 40.4 cm³/mol. The SMILES string of the molecule is CC(=O)c1oc(C(=O)O)cc1C. The summed E-state index contributed by atoms with van der Waals surface area (Å²) in [6.07, 6.45) is 0. The number of ketones is 1. The smallest absolute Gasteiger partial charge is 0.371 e. The van der Waals surface area contributed by atoms with Crippen LogP contribution in [0.25, 0.3) is 0 Å². The van der Waals surface area contributed by atoms with Crippen LogP contribution in [0.4, 0.5) is 0 Å². The highest BCUT2D eigenvalue weighted by Crippen LogP contribution is 2.14. The maximum atomic E-state index is 10.8. The summed E-state index contributed by atoms with van der Waals surface area (Å²) in [5.41, 5.74) is 0.555. The van der Waals surface area contributed by atoms with E-state index in [0.717, 1.165) is 0 Å². The van der Waals surface area contributed by atoms with Gasteiger partial charge in [0.15, 0.2) is 11.5 Å². The van der Waals surface area contributed by atoms with Crippen molar-refractivity contribution in [2.75, 3.05) is 0 Å². The molecule has 1 aromatic rings. The first kappa shape index (κ1) is 8.52. The molecule has 1 rings (SSSR count). The van der Waals surface area contributed by atoms with Crippen LogP contribution in [0, 0.1) is 6.92 Å². The topological polar surface area (TPSA) is 67.5 Å². The first-order valence-corrected chi connectivity index (χ1v) is 3.37. The summed E-state index contributed by atoms with van der Waals surface area (Å²) in [5.74, 6) is -1.50. The number of aryl methyl sites for hydroxylation is 1. The molecule has 4 nitrogen and oxygen atoms in total. The fourth-order valence-electron chi connectivity index (χ4n) is 0.937. The lowest BCUT2D eigenvalue weighted by Crippen LogP contribution is -1.93. The highest BCUT2D eigenvalue weighted by atomic mass is 16.4. The largest absolute Gasteiger partial charge is 0.475 e. The minimum Gasteiger partial charge on any atom is -0.475 e. The molecular weight excluding hydrogens is 160 g/mol. The van der Waals surface area contributed by atoms with E-state index in [4.69, 9.17) is 9.52 Å². The third kappa shape index (κ3) is 1.37. The minimum atomic E-state index is -1.16. The van der Waals surface area contributed by atoms with Crippen LogP contribution in [0.3, 0.4) is 0 Å². The summed E-state index contributed by atoms with van der Waals surface area (Å²) in [5, 5.41) is 8.50. The van der Waals surface area contributed by atoms with Crippen LogP contribution < -0.4 is 0 Å². The average molecular weight is 168 g/mol. The van der Waals surface area contributed by atoms with Crippen molar-refractivity contribution in [3.05, 3.63) is 23.2 Å². The van der Waals surface area contributed by atoms with Crippen molar-refractivity contribution in [2.45, 2.75) is 13.8 Å². The molecule has 0 aliphatic rings. The molecule has 0 aliphatic heterocycles. The van der Waals surface area contributed by atoms with Gasteiger partial charge in [-0.2, -0.15) is 0 Å². The van der Waals surface area contributed by atoms with Crippen molar-refractivity contribution in [2.24, 2.45) is 0 Å². The first-order chi connectivity index (χ1) is 5.52. The lowest BCUT2D eigenvalue weighted by Gasteiger charge is -1.88. The Labute approximate surface area is 68.8 Å². The fraction of sp³-hybridized carbons (Fsp3) is 0.250. The van der Waals surface area contributed by atoms with Gasteiger partial charge in [0, 0.05) is 6.92 Å². The summed E-state index contributed by atoms with van der Waals surface area (Å²) in [4.78, 5) is 21.2. The monoisotopic (exact) mass is 168 g/mol. The molecule has 64 valence electrons. The van der Waals surface area contributed by atoms with Gasteiger partial charge in [-0.3, -0.25) is 4.79 Å². The Kier molecular flexibility index (Phi) is 1.99. The van der Waals surface area contributed by atoms with E-state index in [0.29, 0.717) is 5.56 Å². The predicted octanol–water partition coefficient (Wildman–Crippen LogP) is 1.49. The molecule has 0 radical (unpaired) electrons. The third-order valence-corrected chi connectivity index (χ3v) is 1.45. The van der Waals surface area contributed by atoms with Gasteiger partial charge in [-0.15, -0.1) is 0 Å². The summed E-state index contributed by atoms with van der Waals surface area (Å²) >= 11 is 0. The molecule has 0 spiro atoms. The standard InChI is InChI=1S/C8H8O4/c1-4-3-6(8(10)11)12-7(4)5(2)9/h3H,1-2H3,(H,10,11). The second kappa shape index (κ2) is 2.81. The number of furan rings is 1. The van der Waals surface area contributed by atoms with Gasteiger partial charge in [0.25, 0.3) is 0 Å². The second-order valence-electron chi connectivity index (χ2n) is 2.48. The zero-order valence-electron chi connectivity index (χ0n) is 6.75. The Morgan fingerprint density at radius 2 is 2.08 bits per heavy atom. The molecule has 0 atom stereocenters. The number of hydrogen-bond acceptors (Lipinski definition) is 3. The van der Waals surface area contributed by atoms with Crippen LogP contribution in [0.1, 0.15) is 33.6 Å². The molecule has 0 fully saturated rings. The van der Waals surface area contributed by atoms with Crippen molar-refractivity contribution >= 4 is 11.8 Å².